The number of rotatable bonds is 10. The van der Waals surface area contributed by atoms with Crippen LogP contribution in [0.2, 0.25) is 0 Å². The lowest BCUT2D eigenvalue weighted by Crippen LogP contribution is -2.03. The van der Waals surface area contributed by atoms with Crippen molar-refractivity contribution in [3.05, 3.63) is 118 Å². The molecule has 12 heteroatoms. The van der Waals surface area contributed by atoms with Crippen molar-refractivity contribution in [2.75, 3.05) is 14.2 Å². The van der Waals surface area contributed by atoms with Gasteiger partial charge in [0.05, 0.1) is 48.1 Å². The lowest BCUT2D eigenvalue weighted by molar-refractivity contribution is -0.141. The number of aromatic nitrogens is 4. The van der Waals surface area contributed by atoms with E-state index in [1.54, 1.807) is 48.5 Å². The second kappa shape index (κ2) is 14.9. The van der Waals surface area contributed by atoms with Crippen LogP contribution in [0.25, 0.3) is 68.6 Å². The van der Waals surface area contributed by atoms with Gasteiger partial charge in [-0.25, -0.2) is 19.6 Å². The minimum Gasteiger partial charge on any atom is -0.478 e. The summed E-state index contributed by atoms with van der Waals surface area (Å²) in [6.45, 7) is 0. The zero-order valence-corrected chi connectivity index (χ0v) is 29.3. The number of carbonyl (C=O) groups excluding carboxylic acids is 2. The highest BCUT2D eigenvalue weighted by molar-refractivity contribution is 5.96. The maximum atomic E-state index is 12.4. The summed E-state index contributed by atoms with van der Waals surface area (Å²) in [7, 11) is 2.69. The van der Waals surface area contributed by atoms with E-state index >= 15 is 0 Å². The van der Waals surface area contributed by atoms with Crippen LogP contribution in [0, 0.1) is 0 Å². The molecule has 4 N–H and O–H groups in total. The molecule has 0 saturated heterocycles. The molecule has 2 aliphatic heterocycles. The van der Waals surface area contributed by atoms with Crippen LogP contribution in [-0.2, 0) is 31.9 Å². The van der Waals surface area contributed by atoms with Crippen molar-refractivity contribution >= 4 is 70.2 Å². The van der Waals surface area contributed by atoms with Gasteiger partial charge in [-0.1, -0.05) is 24.3 Å². The van der Waals surface area contributed by atoms with Gasteiger partial charge in [-0.2, -0.15) is 0 Å². The number of nitrogens with one attached hydrogen (secondary N) is 2. The van der Waals surface area contributed by atoms with Crippen molar-refractivity contribution in [2.45, 2.75) is 25.7 Å². The molecule has 7 rings (SSSR count). The lowest BCUT2D eigenvalue weighted by atomic mass is 10.0. The first-order chi connectivity index (χ1) is 26.1. The molecule has 0 radical (unpaired) electrons. The third-order valence-electron chi connectivity index (χ3n) is 9.43. The quantitative estimate of drug-likeness (QED) is 0.103. The Morgan fingerprint density at radius 3 is 1.22 bits per heavy atom. The first kappa shape index (κ1) is 35.3. The van der Waals surface area contributed by atoms with E-state index in [4.69, 9.17) is 19.4 Å². The van der Waals surface area contributed by atoms with Gasteiger partial charge in [0.1, 0.15) is 0 Å². The minimum absolute atomic E-state index is 0.0980. The van der Waals surface area contributed by atoms with E-state index in [9.17, 15) is 29.4 Å². The number of aryl methyl sites for hydroxylation is 2. The largest absolute Gasteiger partial charge is 0.478 e. The monoisotopic (exact) mass is 722 g/mol. The smallest absolute Gasteiger partial charge is 0.335 e. The standard InChI is InChI=1S/C42H34N4O8/c1-53-37(47)21-11-27-29-13-17-33(43-29)39(23-3-7-25(8-4-23)41(49)50)35-19-15-31(45-35)28(12-22-38(48)54-2)32-16-20-36(46-32)40(34-18-14-30(27)44-34)24-5-9-26(10-6-24)42(51)52/h3-10,13-20,43,46H,11-12,21-22H2,1-2H3,(H,49,50)(H,51,52). The summed E-state index contributed by atoms with van der Waals surface area (Å²) in [6, 6.07) is 20.7. The number of hydrogen-bond acceptors (Lipinski definition) is 8. The molecule has 270 valence electrons. The highest BCUT2D eigenvalue weighted by Gasteiger charge is 2.19. The Bertz CT molecular complexity index is 2380. The summed E-state index contributed by atoms with van der Waals surface area (Å²) >= 11 is 0. The molecule has 5 aromatic rings. The van der Waals surface area contributed by atoms with Crippen LogP contribution >= 0.6 is 0 Å². The van der Waals surface area contributed by atoms with Crippen molar-refractivity contribution in [3.63, 3.8) is 0 Å². The number of aromatic carboxylic acids is 2. The Labute approximate surface area is 308 Å². The molecule has 0 atom stereocenters. The fourth-order valence-electron chi connectivity index (χ4n) is 6.67. The Balaban J connectivity index is 1.59. The zero-order valence-electron chi connectivity index (χ0n) is 29.3. The van der Waals surface area contributed by atoms with Crippen LogP contribution in [0.15, 0.2) is 72.8 Å². The third kappa shape index (κ3) is 7.04. The van der Waals surface area contributed by atoms with Crippen LogP contribution in [0.4, 0.5) is 0 Å². The fraction of sp³-hybridized carbons (Fsp3) is 0.143. The van der Waals surface area contributed by atoms with Gasteiger partial charge >= 0.3 is 23.9 Å². The van der Waals surface area contributed by atoms with Gasteiger partial charge in [0, 0.05) is 57.2 Å². The Morgan fingerprint density at radius 1 is 0.519 bits per heavy atom. The minimum atomic E-state index is -1.04. The molecule has 0 aliphatic carbocycles. The zero-order chi connectivity index (χ0) is 37.9. The lowest BCUT2D eigenvalue weighted by Gasteiger charge is -2.07. The van der Waals surface area contributed by atoms with Crippen molar-refractivity contribution < 1.29 is 38.9 Å². The number of hydrogen-bond donors (Lipinski definition) is 4. The molecular formula is C42H34N4O8. The summed E-state index contributed by atoms with van der Waals surface area (Å²) < 4.78 is 9.95. The molecule has 12 nitrogen and oxygen atoms in total. The predicted molar refractivity (Wildman–Crippen MR) is 204 cm³/mol. The summed E-state index contributed by atoms with van der Waals surface area (Å²) in [5, 5.41) is 19.2. The number of carbonyl (C=O) groups is 4. The number of carboxylic acids is 2. The molecule has 2 aromatic carbocycles. The van der Waals surface area contributed by atoms with E-state index < -0.39 is 11.9 Å². The topological polar surface area (TPSA) is 185 Å². The van der Waals surface area contributed by atoms with Crippen LogP contribution in [0.1, 0.15) is 67.5 Å². The van der Waals surface area contributed by atoms with Gasteiger partial charge in [0.25, 0.3) is 0 Å². The molecule has 0 spiro atoms. The number of methoxy groups -OCH3 is 2. The van der Waals surface area contributed by atoms with E-state index in [2.05, 4.69) is 9.97 Å². The van der Waals surface area contributed by atoms with Crippen molar-refractivity contribution in [1.82, 2.24) is 19.9 Å². The van der Waals surface area contributed by atoms with Gasteiger partial charge in [0.15, 0.2) is 0 Å². The summed E-state index contributed by atoms with van der Waals surface area (Å²) in [5.41, 5.74) is 9.88. The number of fused-ring (bicyclic) bond motifs is 8. The number of benzene rings is 2. The van der Waals surface area contributed by atoms with Crippen molar-refractivity contribution in [2.24, 2.45) is 0 Å². The van der Waals surface area contributed by atoms with Crippen molar-refractivity contribution in [1.29, 1.82) is 0 Å². The number of ether oxygens (including phenoxy) is 2. The Kier molecular flexibility index (Phi) is 9.73. The Morgan fingerprint density at radius 2 is 0.870 bits per heavy atom. The van der Waals surface area contributed by atoms with Crippen LogP contribution in [-0.4, -0.2) is 68.2 Å². The highest BCUT2D eigenvalue weighted by Crippen LogP contribution is 2.35. The number of aromatic amines is 2. The van der Waals surface area contributed by atoms with Gasteiger partial charge in [0.2, 0.25) is 0 Å². The summed E-state index contributed by atoms with van der Waals surface area (Å²) in [4.78, 5) is 65.5. The number of nitrogens with zero attached hydrogens (tertiary/aromatic N) is 2. The van der Waals surface area contributed by atoms with E-state index in [0.29, 0.717) is 68.8 Å². The molecule has 2 aliphatic rings. The molecule has 3 aromatic heterocycles. The summed E-state index contributed by atoms with van der Waals surface area (Å²) in [6.07, 6.45) is 8.32. The SMILES string of the molecule is COC(=O)CCc1c2nc(c(-c3ccc(C(=O)O)cc3)c3ccc([nH]3)c(CCC(=O)OC)c3nc(c(-c4ccc(C(=O)O)cc4)c4ccc1[nH]4)C=C3)C=C2. The average molecular weight is 723 g/mol. The number of esters is 2. The van der Waals surface area contributed by atoms with Gasteiger partial charge in [-0.15, -0.1) is 0 Å². The molecular weight excluding hydrogens is 688 g/mol. The van der Waals surface area contributed by atoms with Gasteiger partial charge in [-0.3, -0.25) is 9.59 Å². The predicted octanol–water partition coefficient (Wildman–Crippen LogP) is 7.60. The molecule has 0 saturated carbocycles. The van der Waals surface area contributed by atoms with E-state index in [1.165, 1.54) is 14.2 Å². The van der Waals surface area contributed by atoms with Crippen LogP contribution in [0.5, 0.6) is 0 Å². The molecule has 8 bridgehead atoms. The van der Waals surface area contributed by atoms with E-state index in [-0.39, 0.29) is 35.9 Å². The average Bonchev–Trinajstić information content (AvgIpc) is 4.02. The first-order valence-electron chi connectivity index (χ1n) is 17.1. The van der Waals surface area contributed by atoms with Crippen molar-refractivity contribution in [3.8, 4) is 22.3 Å². The number of carboxylic acid groups (broad SMARTS) is 2. The molecule has 0 amide bonds. The van der Waals surface area contributed by atoms with Gasteiger partial charge in [-0.05, 0) is 96.8 Å². The molecule has 0 fully saturated rings. The normalized spacial score (nSPS) is 11.7. The third-order valence-corrected chi connectivity index (χ3v) is 9.43. The highest BCUT2D eigenvalue weighted by atomic mass is 16.5. The molecule has 5 heterocycles. The van der Waals surface area contributed by atoms with Gasteiger partial charge < -0.3 is 29.7 Å². The number of H-pyrrole nitrogens is 2. The molecule has 0 unspecified atom stereocenters. The maximum Gasteiger partial charge on any atom is 0.335 e. The van der Waals surface area contributed by atoms with Crippen LogP contribution in [0.3, 0.4) is 0 Å². The van der Waals surface area contributed by atoms with E-state index in [0.717, 1.165) is 22.3 Å². The fourth-order valence-corrected chi connectivity index (χ4v) is 6.67. The van der Waals surface area contributed by atoms with E-state index in [1.807, 2.05) is 48.6 Å². The second-order valence-corrected chi connectivity index (χ2v) is 12.6. The summed E-state index contributed by atoms with van der Waals surface area (Å²) in [5.74, 6) is -2.84. The first-order valence-corrected chi connectivity index (χ1v) is 17.1. The van der Waals surface area contributed by atoms with Crippen LogP contribution < -0.4 is 0 Å². The maximum absolute atomic E-state index is 12.4. The Hall–Kier alpha value is -7.08. The molecule has 54 heavy (non-hydrogen) atoms. The second-order valence-electron chi connectivity index (χ2n) is 12.6.